The monoisotopic (exact) mass is 352 g/mol. The lowest BCUT2D eigenvalue weighted by molar-refractivity contribution is 0.585. The van der Waals surface area contributed by atoms with Crippen LogP contribution in [0.15, 0.2) is 32.0 Å². The zero-order valence-corrected chi connectivity index (χ0v) is 11.4. The summed E-state index contributed by atoms with van der Waals surface area (Å²) in [5.41, 5.74) is 0. The number of sulfonamides is 1. The maximum Gasteiger partial charge on any atom is 0.242 e. The number of rotatable bonds is 3. The summed E-state index contributed by atoms with van der Waals surface area (Å²) in [7, 11) is -3.62. The minimum Gasteiger partial charge on any atom is -0.207 e. The molecule has 0 aliphatic rings. The summed E-state index contributed by atoms with van der Waals surface area (Å²) in [4.78, 5) is 0.104. The normalized spacial score (nSPS) is 11.0. The van der Waals surface area contributed by atoms with Gasteiger partial charge >= 0.3 is 0 Å². The van der Waals surface area contributed by atoms with E-state index < -0.39 is 10.0 Å². The molecule has 0 bridgehead atoms. The van der Waals surface area contributed by atoms with Gasteiger partial charge in [0.05, 0.1) is 17.5 Å². The summed E-state index contributed by atoms with van der Waals surface area (Å²) in [6.07, 6.45) is 0. The van der Waals surface area contributed by atoms with Crippen molar-refractivity contribution >= 4 is 41.9 Å². The molecule has 0 heterocycles. The van der Waals surface area contributed by atoms with Gasteiger partial charge in [0.2, 0.25) is 10.0 Å². The Hall–Kier alpha value is -0.420. The van der Waals surface area contributed by atoms with Crippen molar-refractivity contribution in [1.29, 1.82) is 5.26 Å². The molecule has 0 aliphatic heterocycles. The second-order valence-corrected chi connectivity index (χ2v) is 6.06. The van der Waals surface area contributed by atoms with Crippen LogP contribution in [0.4, 0.5) is 0 Å². The van der Waals surface area contributed by atoms with E-state index in [0.717, 1.165) is 0 Å². The van der Waals surface area contributed by atoms with Crippen LogP contribution in [0.25, 0.3) is 0 Å². The molecule has 0 aromatic heterocycles. The molecule has 0 fully saturated rings. The van der Waals surface area contributed by atoms with Gasteiger partial charge in [-0.2, -0.15) is 9.98 Å². The first kappa shape index (κ1) is 12.6. The van der Waals surface area contributed by atoms with Crippen LogP contribution >= 0.6 is 31.9 Å². The molecule has 1 N–H and O–H groups in total. The summed E-state index contributed by atoms with van der Waals surface area (Å²) in [5, 5.41) is 8.30. The van der Waals surface area contributed by atoms with Gasteiger partial charge in [-0.15, -0.1) is 0 Å². The van der Waals surface area contributed by atoms with E-state index in [1.165, 1.54) is 6.07 Å². The predicted molar refractivity (Wildman–Crippen MR) is 62.6 cm³/mol. The molecule has 0 saturated carbocycles. The first-order valence-corrected chi connectivity index (χ1v) is 6.86. The highest BCUT2D eigenvalue weighted by atomic mass is 79.9. The van der Waals surface area contributed by atoms with Gasteiger partial charge in [-0.25, -0.2) is 8.42 Å². The number of hydrogen-bond acceptors (Lipinski definition) is 3. The molecule has 4 nitrogen and oxygen atoms in total. The smallest absolute Gasteiger partial charge is 0.207 e. The Labute approximate surface area is 105 Å². The first-order valence-electron chi connectivity index (χ1n) is 3.79. The van der Waals surface area contributed by atoms with E-state index in [2.05, 4.69) is 36.6 Å². The van der Waals surface area contributed by atoms with E-state index in [9.17, 15) is 8.42 Å². The summed E-state index contributed by atoms with van der Waals surface area (Å²) in [6.45, 7) is -0.249. The van der Waals surface area contributed by atoms with Gasteiger partial charge in [-0.3, -0.25) is 0 Å². The largest absolute Gasteiger partial charge is 0.242 e. The highest BCUT2D eigenvalue weighted by Crippen LogP contribution is 2.25. The number of nitriles is 1. The number of halogens is 2. The van der Waals surface area contributed by atoms with Crippen molar-refractivity contribution in [1.82, 2.24) is 4.72 Å². The highest BCUT2D eigenvalue weighted by molar-refractivity contribution is 9.11. The van der Waals surface area contributed by atoms with Crippen molar-refractivity contribution in [2.75, 3.05) is 6.54 Å². The molecule has 0 unspecified atom stereocenters. The Balaban J connectivity index is 3.16. The Morgan fingerprint density at radius 2 is 2.07 bits per heavy atom. The van der Waals surface area contributed by atoms with Gasteiger partial charge in [0.25, 0.3) is 0 Å². The lowest BCUT2D eigenvalue weighted by atomic mass is 10.4. The second-order valence-electron chi connectivity index (χ2n) is 2.56. The maximum absolute atomic E-state index is 11.7. The van der Waals surface area contributed by atoms with Crippen molar-refractivity contribution in [2.24, 2.45) is 0 Å². The van der Waals surface area contributed by atoms with E-state index in [0.29, 0.717) is 8.95 Å². The zero-order valence-electron chi connectivity index (χ0n) is 7.37. The van der Waals surface area contributed by atoms with Gasteiger partial charge in [-0.05, 0) is 34.1 Å². The maximum atomic E-state index is 11.7. The topological polar surface area (TPSA) is 70.0 Å². The lowest BCUT2D eigenvalue weighted by Gasteiger charge is -2.06. The van der Waals surface area contributed by atoms with Crippen molar-refractivity contribution in [2.45, 2.75) is 4.90 Å². The van der Waals surface area contributed by atoms with Gasteiger partial charge in [-0.1, -0.05) is 15.9 Å². The highest BCUT2D eigenvalue weighted by Gasteiger charge is 2.17. The van der Waals surface area contributed by atoms with Gasteiger partial charge in [0.15, 0.2) is 0 Å². The SMILES string of the molecule is N#CCNS(=O)(=O)c1cc(Br)ccc1Br. The Morgan fingerprint density at radius 1 is 1.40 bits per heavy atom. The minimum absolute atomic E-state index is 0.104. The molecular formula is C8H6Br2N2O2S. The van der Waals surface area contributed by atoms with Crippen molar-refractivity contribution in [3.8, 4) is 6.07 Å². The molecule has 0 spiro atoms. The molecule has 1 aromatic carbocycles. The molecule has 1 rings (SSSR count). The molecular weight excluding hydrogens is 348 g/mol. The van der Waals surface area contributed by atoms with Crippen LogP contribution < -0.4 is 4.72 Å². The molecule has 0 aliphatic carbocycles. The molecule has 0 radical (unpaired) electrons. The Bertz CT molecular complexity index is 508. The van der Waals surface area contributed by atoms with E-state index in [1.54, 1.807) is 18.2 Å². The predicted octanol–water partition coefficient (Wildman–Crippen LogP) is 2.01. The molecule has 1 aromatic rings. The number of hydrogen-bond donors (Lipinski definition) is 1. The quantitative estimate of drug-likeness (QED) is 0.845. The summed E-state index contributed by atoms with van der Waals surface area (Å²) in [5.74, 6) is 0. The average Bonchev–Trinajstić information content (AvgIpc) is 2.18. The summed E-state index contributed by atoms with van der Waals surface area (Å²) >= 11 is 6.31. The van der Waals surface area contributed by atoms with E-state index in [1.807, 2.05) is 0 Å². The third kappa shape index (κ3) is 3.28. The van der Waals surface area contributed by atoms with Crippen LogP contribution in [0.2, 0.25) is 0 Å². The molecule has 0 saturated heterocycles. The van der Waals surface area contributed by atoms with Crippen molar-refractivity contribution in [3.05, 3.63) is 27.1 Å². The van der Waals surface area contributed by atoms with Crippen LogP contribution in [0.5, 0.6) is 0 Å². The van der Waals surface area contributed by atoms with Crippen LogP contribution in [0.1, 0.15) is 0 Å². The van der Waals surface area contributed by atoms with Crippen LogP contribution in [-0.2, 0) is 10.0 Å². The van der Waals surface area contributed by atoms with Crippen LogP contribution in [-0.4, -0.2) is 15.0 Å². The fourth-order valence-electron chi connectivity index (χ4n) is 0.888. The fraction of sp³-hybridized carbons (Fsp3) is 0.125. The van der Waals surface area contributed by atoms with Crippen LogP contribution in [0.3, 0.4) is 0 Å². The standard InChI is InChI=1S/C8H6Br2N2O2S/c9-6-1-2-7(10)8(5-6)15(13,14)12-4-3-11/h1-2,5,12H,4H2. The Kier molecular flexibility index (Phi) is 4.28. The van der Waals surface area contributed by atoms with E-state index in [4.69, 9.17) is 5.26 Å². The second kappa shape index (κ2) is 5.07. The third-order valence-electron chi connectivity index (χ3n) is 1.52. The fourth-order valence-corrected chi connectivity index (χ4v) is 3.30. The van der Waals surface area contributed by atoms with Crippen molar-refractivity contribution in [3.63, 3.8) is 0 Å². The minimum atomic E-state index is -3.62. The molecule has 0 atom stereocenters. The molecule has 15 heavy (non-hydrogen) atoms. The van der Waals surface area contributed by atoms with Crippen LogP contribution in [0, 0.1) is 11.3 Å². The average molecular weight is 354 g/mol. The Morgan fingerprint density at radius 3 is 2.67 bits per heavy atom. The van der Waals surface area contributed by atoms with Gasteiger partial charge in [0, 0.05) is 8.95 Å². The van der Waals surface area contributed by atoms with Crippen molar-refractivity contribution < 1.29 is 8.42 Å². The number of nitrogens with zero attached hydrogens (tertiary/aromatic N) is 1. The van der Waals surface area contributed by atoms with E-state index >= 15 is 0 Å². The first-order chi connectivity index (χ1) is 6.97. The molecule has 80 valence electrons. The summed E-state index contributed by atoms with van der Waals surface area (Å²) < 4.78 is 26.6. The van der Waals surface area contributed by atoms with Gasteiger partial charge < -0.3 is 0 Å². The zero-order chi connectivity index (χ0) is 11.5. The van der Waals surface area contributed by atoms with Gasteiger partial charge in [0.1, 0.15) is 0 Å². The summed E-state index contributed by atoms with van der Waals surface area (Å²) in [6, 6.07) is 6.50. The lowest BCUT2D eigenvalue weighted by Crippen LogP contribution is -2.24. The number of benzene rings is 1. The third-order valence-corrected chi connectivity index (χ3v) is 4.41. The number of nitrogens with one attached hydrogen (secondary N) is 1. The van der Waals surface area contributed by atoms with E-state index in [-0.39, 0.29) is 11.4 Å². The molecule has 0 amide bonds. The molecule has 7 heteroatoms.